The van der Waals surface area contributed by atoms with E-state index < -0.39 is 0 Å². The number of hydrogen-bond donors (Lipinski definition) is 2. The molecule has 0 spiro atoms. The van der Waals surface area contributed by atoms with Crippen LogP contribution < -0.4 is 10.6 Å². The van der Waals surface area contributed by atoms with Gasteiger partial charge in [-0.1, -0.05) is 78.9 Å². The van der Waals surface area contributed by atoms with Gasteiger partial charge in [0.05, 0.1) is 22.8 Å². The van der Waals surface area contributed by atoms with Gasteiger partial charge in [-0.3, -0.25) is 0 Å². The summed E-state index contributed by atoms with van der Waals surface area (Å²) in [5, 5.41) is 7.11. The van der Waals surface area contributed by atoms with E-state index in [0.29, 0.717) is 0 Å². The topological polar surface area (TPSA) is 24.1 Å². The van der Waals surface area contributed by atoms with Gasteiger partial charge in [-0.15, -0.1) is 0 Å². The lowest BCUT2D eigenvalue weighted by Crippen LogP contribution is -2.14. The monoisotopic (exact) mass is 310 g/mol. The molecule has 0 aromatic heterocycles. The van der Waals surface area contributed by atoms with E-state index in [1.165, 1.54) is 5.56 Å². The van der Waals surface area contributed by atoms with E-state index in [2.05, 4.69) is 71.3 Å². The highest BCUT2D eigenvalue weighted by atomic mass is 15.0. The van der Waals surface area contributed by atoms with E-state index in [4.69, 9.17) is 0 Å². The average molecular weight is 310 g/mol. The first-order valence-electron chi connectivity index (χ1n) is 8.06. The predicted molar refractivity (Wildman–Crippen MR) is 103 cm³/mol. The third kappa shape index (κ3) is 2.95. The highest BCUT2D eigenvalue weighted by Gasteiger charge is 2.16. The summed E-state index contributed by atoms with van der Waals surface area (Å²) >= 11 is 0. The fraction of sp³-hybridized carbons (Fsp3) is 0. The van der Waals surface area contributed by atoms with E-state index in [1.807, 2.05) is 36.4 Å². The van der Waals surface area contributed by atoms with Crippen LogP contribution in [0.5, 0.6) is 0 Å². The minimum Gasteiger partial charge on any atom is -0.352 e. The van der Waals surface area contributed by atoms with Gasteiger partial charge in [0.25, 0.3) is 0 Å². The van der Waals surface area contributed by atoms with Crippen LogP contribution in [0.3, 0.4) is 0 Å². The third-order valence-electron chi connectivity index (χ3n) is 4.03. The second kappa shape index (κ2) is 6.47. The zero-order chi connectivity index (χ0) is 16.2. The maximum atomic E-state index is 3.57. The standard InChI is InChI=1S/C22H18N2/c1-3-9-17(10-4-1)15-16-21-22(18-11-5-2-6-12-18)24-20-14-8-7-13-19(20)23-21/h1-16,23-24H. The molecule has 0 radical (unpaired) electrons. The minimum atomic E-state index is 1.06. The molecule has 2 N–H and O–H groups in total. The molecule has 116 valence electrons. The largest absolute Gasteiger partial charge is 0.352 e. The number of nitrogens with one attached hydrogen (secondary N) is 2. The Morgan fingerprint density at radius 3 is 1.83 bits per heavy atom. The minimum absolute atomic E-state index is 1.06. The molecule has 0 aliphatic carbocycles. The molecule has 0 bridgehead atoms. The Labute approximate surface area is 142 Å². The van der Waals surface area contributed by atoms with Crippen LogP contribution >= 0.6 is 0 Å². The molecular formula is C22H18N2. The van der Waals surface area contributed by atoms with Crippen LogP contribution in [0.2, 0.25) is 0 Å². The Bertz CT molecular complexity index is 894. The van der Waals surface area contributed by atoms with Crippen LogP contribution in [-0.4, -0.2) is 0 Å². The Morgan fingerprint density at radius 2 is 1.12 bits per heavy atom. The molecule has 2 heteroatoms. The van der Waals surface area contributed by atoms with Crippen LogP contribution in [0.15, 0.2) is 96.7 Å². The van der Waals surface area contributed by atoms with Crippen molar-refractivity contribution in [3.8, 4) is 0 Å². The second-order valence-electron chi connectivity index (χ2n) is 5.69. The van der Waals surface area contributed by atoms with Gasteiger partial charge >= 0.3 is 0 Å². The van der Waals surface area contributed by atoms with Crippen LogP contribution in [0, 0.1) is 0 Å². The fourth-order valence-corrected chi connectivity index (χ4v) is 2.81. The first-order chi connectivity index (χ1) is 11.9. The molecule has 24 heavy (non-hydrogen) atoms. The number of benzene rings is 3. The normalized spacial score (nSPS) is 13.3. The van der Waals surface area contributed by atoms with Crippen molar-refractivity contribution in [2.24, 2.45) is 0 Å². The number of anilines is 2. The van der Waals surface area contributed by atoms with Crippen molar-refractivity contribution in [3.63, 3.8) is 0 Å². The molecule has 3 aromatic rings. The number of hydrogen-bond acceptors (Lipinski definition) is 2. The molecule has 1 aliphatic rings. The van der Waals surface area contributed by atoms with Gasteiger partial charge in [0.1, 0.15) is 0 Å². The Hall–Kier alpha value is -3.26. The zero-order valence-corrected chi connectivity index (χ0v) is 13.2. The van der Waals surface area contributed by atoms with Crippen molar-refractivity contribution in [3.05, 3.63) is 108 Å². The number of fused-ring (bicyclic) bond motifs is 1. The van der Waals surface area contributed by atoms with Crippen molar-refractivity contribution in [1.82, 2.24) is 0 Å². The van der Waals surface area contributed by atoms with E-state index in [1.54, 1.807) is 0 Å². The van der Waals surface area contributed by atoms with Crippen LogP contribution in [0.1, 0.15) is 11.1 Å². The first-order valence-corrected chi connectivity index (χ1v) is 8.06. The summed E-state index contributed by atoms with van der Waals surface area (Å²) < 4.78 is 0. The van der Waals surface area contributed by atoms with E-state index >= 15 is 0 Å². The van der Waals surface area contributed by atoms with Crippen LogP contribution in [-0.2, 0) is 0 Å². The Balaban J connectivity index is 1.76. The van der Waals surface area contributed by atoms with E-state index in [9.17, 15) is 0 Å². The summed E-state index contributed by atoms with van der Waals surface area (Å²) in [5.74, 6) is 0. The summed E-state index contributed by atoms with van der Waals surface area (Å²) in [7, 11) is 0. The smallest absolute Gasteiger partial charge is 0.0697 e. The second-order valence-corrected chi connectivity index (χ2v) is 5.69. The Kier molecular flexibility index (Phi) is 3.86. The summed E-state index contributed by atoms with van der Waals surface area (Å²) in [6.45, 7) is 0. The van der Waals surface area contributed by atoms with Crippen LogP contribution in [0.25, 0.3) is 11.8 Å². The van der Waals surface area contributed by atoms with E-state index in [0.717, 1.165) is 28.3 Å². The maximum Gasteiger partial charge on any atom is 0.0697 e. The molecule has 3 aromatic carbocycles. The van der Waals surface area contributed by atoms with Gasteiger partial charge in [-0.25, -0.2) is 0 Å². The maximum absolute atomic E-state index is 3.57. The highest BCUT2D eigenvalue weighted by Crippen LogP contribution is 2.34. The van der Waals surface area contributed by atoms with Gasteiger partial charge in [0.15, 0.2) is 0 Å². The highest BCUT2D eigenvalue weighted by molar-refractivity contribution is 5.92. The SMILES string of the molecule is C(=Cc1ccccc1)C1=C(c2ccccc2)Nc2ccccc2N1. The quantitative estimate of drug-likeness (QED) is 0.657. The zero-order valence-electron chi connectivity index (χ0n) is 13.2. The number of para-hydroxylation sites is 2. The average Bonchev–Trinajstić information content (AvgIpc) is 2.67. The first kappa shape index (κ1) is 14.3. The summed E-state index contributed by atoms with van der Waals surface area (Å²) in [6, 6.07) is 29.0. The molecule has 1 heterocycles. The van der Waals surface area contributed by atoms with Crippen molar-refractivity contribution in [2.75, 3.05) is 10.6 Å². The van der Waals surface area contributed by atoms with Gasteiger partial charge in [0.2, 0.25) is 0 Å². The fourth-order valence-electron chi connectivity index (χ4n) is 2.81. The Morgan fingerprint density at radius 1 is 0.542 bits per heavy atom. The van der Waals surface area contributed by atoms with Gasteiger partial charge < -0.3 is 10.6 Å². The molecule has 4 rings (SSSR count). The predicted octanol–water partition coefficient (Wildman–Crippen LogP) is 5.61. The molecule has 1 aliphatic heterocycles. The summed E-state index contributed by atoms with van der Waals surface area (Å²) in [4.78, 5) is 0. The number of rotatable bonds is 3. The lowest BCUT2D eigenvalue weighted by atomic mass is 10.1. The van der Waals surface area contributed by atoms with Crippen molar-refractivity contribution in [2.45, 2.75) is 0 Å². The third-order valence-corrected chi connectivity index (χ3v) is 4.03. The molecule has 0 saturated heterocycles. The van der Waals surface area contributed by atoms with Crippen molar-refractivity contribution < 1.29 is 0 Å². The van der Waals surface area contributed by atoms with Crippen molar-refractivity contribution in [1.29, 1.82) is 0 Å². The summed E-state index contributed by atoms with van der Waals surface area (Å²) in [5.41, 5.74) is 6.66. The van der Waals surface area contributed by atoms with E-state index in [-0.39, 0.29) is 0 Å². The molecule has 0 fully saturated rings. The van der Waals surface area contributed by atoms with Gasteiger partial charge in [-0.2, -0.15) is 0 Å². The molecule has 0 amide bonds. The lowest BCUT2D eigenvalue weighted by molar-refractivity contribution is 1.38. The molecule has 0 atom stereocenters. The van der Waals surface area contributed by atoms with Gasteiger partial charge in [-0.05, 0) is 23.8 Å². The molecule has 0 saturated carbocycles. The molecule has 0 unspecified atom stereocenters. The molecule has 2 nitrogen and oxygen atoms in total. The van der Waals surface area contributed by atoms with Crippen LogP contribution in [0.4, 0.5) is 11.4 Å². The lowest BCUT2D eigenvalue weighted by Gasteiger charge is -2.25. The summed E-state index contributed by atoms with van der Waals surface area (Å²) in [6.07, 6.45) is 4.25. The van der Waals surface area contributed by atoms with Gasteiger partial charge in [0, 0.05) is 5.56 Å². The number of allylic oxidation sites excluding steroid dienone is 1. The van der Waals surface area contributed by atoms with Crippen molar-refractivity contribution >= 4 is 23.1 Å². The molecular weight excluding hydrogens is 292 g/mol.